The molecule has 0 atom stereocenters. The molecular weight excluding hydrogens is 210 g/mol. The number of benzene rings is 1. The van der Waals surface area contributed by atoms with Crippen LogP contribution in [-0.4, -0.2) is 5.11 Å². The van der Waals surface area contributed by atoms with Crippen molar-refractivity contribution in [2.24, 2.45) is 0 Å². The number of rotatable bonds is 1. The minimum Gasteiger partial charge on any atom is -0.502 e. The largest absolute Gasteiger partial charge is 0.502 e. The van der Waals surface area contributed by atoms with Crippen LogP contribution in [0.3, 0.4) is 0 Å². The molecule has 0 amide bonds. The lowest BCUT2D eigenvalue weighted by atomic mass is 9.86. The molecule has 2 N–H and O–H groups in total. The van der Waals surface area contributed by atoms with Crippen LogP contribution >= 0.6 is 0 Å². The Kier molecular flexibility index (Phi) is 2.88. The Morgan fingerprint density at radius 2 is 1.65 bits per heavy atom. The Bertz CT molecular complexity index is 509. The molecule has 17 heavy (non-hydrogen) atoms. The summed E-state index contributed by atoms with van der Waals surface area (Å²) in [4.78, 5) is 3.06. The van der Waals surface area contributed by atoms with Crippen molar-refractivity contribution in [3.8, 4) is 17.0 Å². The summed E-state index contributed by atoms with van der Waals surface area (Å²) in [5.41, 5.74) is 3.20. The normalized spacial score (nSPS) is 11.5. The molecule has 0 aliphatic carbocycles. The van der Waals surface area contributed by atoms with Gasteiger partial charge in [0.1, 0.15) is 0 Å². The summed E-state index contributed by atoms with van der Waals surface area (Å²) in [5.74, 6) is 0.274. The highest BCUT2D eigenvalue weighted by atomic mass is 16.3. The number of H-pyrrole nitrogens is 1. The first-order chi connectivity index (χ1) is 7.98. The van der Waals surface area contributed by atoms with Gasteiger partial charge in [-0.3, -0.25) is 0 Å². The summed E-state index contributed by atoms with van der Waals surface area (Å²) in [6, 6.07) is 11.7. The van der Waals surface area contributed by atoms with Crippen LogP contribution in [0.15, 0.2) is 42.6 Å². The summed E-state index contributed by atoms with van der Waals surface area (Å²) in [5, 5.41) is 9.76. The number of pyridine rings is 1. The molecule has 0 aliphatic rings. The standard InChI is InChI=1S/C15H17NO/c1-15(2,3)12-8-6-11(7-9-12)14-13(17)5-4-10-16-14/h4-10,17H,1-3H3/p+1. The highest BCUT2D eigenvalue weighted by molar-refractivity contribution is 5.62. The van der Waals surface area contributed by atoms with Gasteiger partial charge < -0.3 is 5.11 Å². The van der Waals surface area contributed by atoms with Gasteiger partial charge in [-0.25, -0.2) is 4.98 Å². The molecule has 0 spiro atoms. The summed E-state index contributed by atoms with van der Waals surface area (Å²) < 4.78 is 0. The van der Waals surface area contributed by atoms with Gasteiger partial charge in [0.15, 0.2) is 11.9 Å². The molecule has 1 aromatic carbocycles. The highest BCUT2D eigenvalue weighted by Crippen LogP contribution is 2.27. The SMILES string of the molecule is CC(C)(C)c1ccc(-c2[nH+]cccc2O)cc1. The fraction of sp³-hybridized carbons (Fsp3) is 0.267. The van der Waals surface area contributed by atoms with Crippen molar-refractivity contribution in [1.82, 2.24) is 0 Å². The zero-order valence-corrected chi connectivity index (χ0v) is 10.5. The van der Waals surface area contributed by atoms with Gasteiger partial charge in [0, 0.05) is 6.07 Å². The van der Waals surface area contributed by atoms with Gasteiger partial charge in [-0.15, -0.1) is 0 Å². The van der Waals surface area contributed by atoms with E-state index >= 15 is 0 Å². The Morgan fingerprint density at radius 3 is 2.18 bits per heavy atom. The van der Waals surface area contributed by atoms with Crippen molar-refractivity contribution in [3.05, 3.63) is 48.2 Å². The quantitative estimate of drug-likeness (QED) is 0.799. The van der Waals surface area contributed by atoms with Gasteiger partial charge in [0.05, 0.1) is 5.56 Å². The molecule has 2 nitrogen and oxygen atoms in total. The summed E-state index contributed by atoms with van der Waals surface area (Å²) >= 11 is 0. The van der Waals surface area contributed by atoms with E-state index in [-0.39, 0.29) is 11.2 Å². The second-order valence-corrected chi connectivity index (χ2v) is 5.26. The summed E-state index contributed by atoms with van der Waals surface area (Å²) in [7, 11) is 0. The van der Waals surface area contributed by atoms with E-state index in [0.29, 0.717) is 0 Å². The highest BCUT2D eigenvalue weighted by Gasteiger charge is 2.15. The maximum atomic E-state index is 9.76. The first kappa shape index (κ1) is 11.6. The van der Waals surface area contributed by atoms with Crippen LogP contribution in [-0.2, 0) is 5.41 Å². The van der Waals surface area contributed by atoms with Crippen LogP contribution in [0.2, 0.25) is 0 Å². The Morgan fingerprint density at radius 1 is 1.00 bits per heavy atom. The predicted octanol–water partition coefficient (Wildman–Crippen LogP) is 3.17. The summed E-state index contributed by atoms with van der Waals surface area (Å²) in [6.07, 6.45) is 1.81. The van der Waals surface area contributed by atoms with Crippen LogP contribution in [0.5, 0.6) is 5.75 Å². The van der Waals surface area contributed by atoms with E-state index in [1.54, 1.807) is 12.1 Å². The monoisotopic (exact) mass is 228 g/mol. The lowest BCUT2D eigenvalue weighted by molar-refractivity contribution is -0.365. The molecule has 0 saturated carbocycles. The molecule has 0 aliphatic heterocycles. The average Bonchev–Trinajstić information content (AvgIpc) is 2.29. The third-order valence-corrected chi connectivity index (χ3v) is 2.87. The van der Waals surface area contributed by atoms with Crippen LogP contribution in [0.1, 0.15) is 26.3 Å². The maximum absolute atomic E-state index is 9.76. The van der Waals surface area contributed by atoms with Crippen molar-refractivity contribution >= 4 is 0 Å². The molecule has 2 heteroatoms. The van der Waals surface area contributed by atoms with Crippen molar-refractivity contribution in [2.75, 3.05) is 0 Å². The van der Waals surface area contributed by atoms with Gasteiger partial charge in [-0.1, -0.05) is 32.9 Å². The molecule has 0 fully saturated rings. The van der Waals surface area contributed by atoms with Crippen LogP contribution in [0.4, 0.5) is 0 Å². The van der Waals surface area contributed by atoms with E-state index in [9.17, 15) is 5.11 Å². The molecule has 1 aromatic heterocycles. The van der Waals surface area contributed by atoms with Gasteiger partial charge in [-0.2, -0.15) is 0 Å². The Labute approximate surface area is 102 Å². The van der Waals surface area contributed by atoms with Crippen LogP contribution in [0, 0.1) is 0 Å². The lowest BCUT2D eigenvalue weighted by Gasteiger charge is -2.18. The Balaban J connectivity index is 2.40. The van der Waals surface area contributed by atoms with E-state index in [0.717, 1.165) is 11.3 Å². The van der Waals surface area contributed by atoms with Gasteiger partial charge >= 0.3 is 0 Å². The zero-order chi connectivity index (χ0) is 12.5. The second-order valence-electron chi connectivity index (χ2n) is 5.26. The van der Waals surface area contributed by atoms with E-state index < -0.39 is 0 Å². The van der Waals surface area contributed by atoms with Crippen molar-refractivity contribution in [1.29, 1.82) is 0 Å². The molecule has 1 heterocycles. The molecule has 0 radical (unpaired) electrons. The predicted molar refractivity (Wildman–Crippen MR) is 68.8 cm³/mol. The lowest BCUT2D eigenvalue weighted by Crippen LogP contribution is -2.11. The molecule has 0 bridgehead atoms. The number of aromatic amines is 1. The first-order valence-electron chi connectivity index (χ1n) is 5.79. The minimum absolute atomic E-state index is 0.154. The van der Waals surface area contributed by atoms with Crippen LogP contribution in [0.25, 0.3) is 11.3 Å². The van der Waals surface area contributed by atoms with Crippen molar-refractivity contribution < 1.29 is 10.1 Å². The van der Waals surface area contributed by atoms with Crippen molar-refractivity contribution in [2.45, 2.75) is 26.2 Å². The van der Waals surface area contributed by atoms with Gasteiger partial charge in [-0.05, 0) is 29.2 Å². The second kappa shape index (κ2) is 4.21. The van der Waals surface area contributed by atoms with E-state index in [4.69, 9.17) is 0 Å². The molecule has 88 valence electrons. The molecule has 0 saturated heterocycles. The number of nitrogens with one attached hydrogen (secondary N) is 1. The first-order valence-corrected chi connectivity index (χ1v) is 5.79. The molecular formula is C15H18NO+. The van der Waals surface area contributed by atoms with Crippen LogP contribution < -0.4 is 4.98 Å². The van der Waals surface area contributed by atoms with E-state index in [1.165, 1.54) is 5.56 Å². The van der Waals surface area contributed by atoms with Crippen molar-refractivity contribution in [3.63, 3.8) is 0 Å². The number of aromatic nitrogens is 1. The summed E-state index contributed by atoms with van der Waals surface area (Å²) in [6.45, 7) is 6.57. The Hall–Kier alpha value is -1.83. The topological polar surface area (TPSA) is 34.4 Å². The zero-order valence-electron chi connectivity index (χ0n) is 10.5. The molecule has 2 aromatic rings. The van der Waals surface area contributed by atoms with E-state index in [2.05, 4.69) is 37.9 Å². The maximum Gasteiger partial charge on any atom is 0.252 e. The average molecular weight is 228 g/mol. The van der Waals surface area contributed by atoms with Gasteiger partial charge in [0.25, 0.3) is 5.69 Å². The molecule has 0 unspecified atom stereocenters. The molecule has 2 rings (SSSR count). The number of hydrogen-bond acceptors (Lipinski definition) is 1. The fourth-order valence-corrected chi connectivity index (χ4v) is 1.80. The number of aromatic hydroxyl groups is 1. The van der Waals surface area contributed by atoms with Gasteiger partial charge in [0.2, 0.25) is 0 Å². The number of hydrogen-bond donors (Lipinski definition) is 1. The third kappa shape index (κ3) is 2.47. The third-order valence-electron chi connectivity index (χ3n) is 2.87. The van der Waals surface area contributed by atoms with E-state index in [1.807, 2.05) is 18.3 Å². The minimum atomic E-state index is 0.154. The smallest absolute Gasteiger partial charge is 0.252 e. The fourth-order valence-electron chi connectivity index (χ4n) is 1.80.